The van der Waals surface area contributed by atoms with Crippen molar-refractivity contribution < 1.29 is 8.42 Å². The van der Waals surface area contributed by atoms with Crippen molar-refractivity contribution in [3.8, 4) is 0 Å². The largest absolute Gasteiger partial charge is 0.398 e. The second kappa shape index (κ2) is 5.59. The first-order valence-corrected chi connectivity index (χ1v) is 8.29. The van der Waals surface area contributed by atoms with E-state index >= 15 is 0 Å². The molecule has 0 amide bonds. The van der Waals surface area contributed by atoms with Gasteiger partial charge in [-0.05, 0) is 31.7 Å². The second-order valence-corrected chi connectivity index (χ2v) is 6.72. The van der Waals surface area contributed by atoms with Gasteiger partial charge < -0.3 is 10.6 Å². The number of piperazine rings is 1. The summed E-state index contributed by atoms with van der Waals surface area (Å²) in [5.74, 6) is 0. The van der Waals surface area contributed by atoms with E-state index in [9.17, 15) is 8.42 Å². The molecule has 7 heteroatoms. The van der Waals surface area contributed by atoms with Crippen molar-refractivity contribution in [2.24, 2.45) is 5.14 Å². The fourth-order valence-corrected chi connectivity index (χ4v) is 3.34. The van der Waals surface area contributed by atoms with Crippen LogP contribution in [0.2, 0.25) is 0 Å². The Morgan fingerprint density at radius 2 is 2.05 bits per heavy atom. The number of nitrogen functional groups attached to an aromatic ring is 1. The summed E-state index contributed by atoms with van der Waals surface area (Å²) in [5, 5.41) is 5.12. The average molecular weight is 298 g/mol. The summed E-state index contributed by atoms with van der Waals surface area (Å²) in [5.41, 5.74) is 6.95. The lowest BCUT2D eigenvalue weighted by atomic mass is 10.1. The molecule has 0 saturated carbocycles. The molecule has 112 valence electrons. The molecule has 1 atom stereocenters. The highest BCUT2D eigenvalue weighted by atomic mass is 32.2. The molecule has 0 aliphatic carbocycles. The summed E-state index contributed by atoms with van der Waals surface area (Å²) in [6.45, 7) is 8.20. The van der Waals surface area contributed by atoms with Crippen molar-refractivity contribution in [3.63, 3.8) is 0 Å². The van der Waals surface area contributed by atoms with E-state index < -0.39 is 10.0 Å². The number of rotatable bonds is 3. The van der Waals surface area contributed by atoms with E-state index in [0.29, 0.717) is 6.04 Å². The van der Waals surface area contributed by atoms with Crippen molar-refractivity contribution in [2.75, 3.05) is 36.8 Å². The predicted molar refractivity (Wildman–Crippen MR) is 81.1 cm³/mol. The average Bonchev–Trinajstić information content (AvgIpc) is 2.37. The molecule has 1 fully saturated rings. The summed E-state index contributed by atoms with van der Waals surface area (Å²) in [7, 11) is -3.76. The zero-order chi connectivity index (χ0) is 14.9. The summed E-state index contributed by atoms with van der Waals surface area (Å²) in [6.07, 6.45) is 0. The third kappa shape index (κ3) is 3.05. The van der Waals surface area contributed by atoms with Crippen LogP contribution in [0, 0.1) is 0 Å². The minimum absolute atomic E-state index is 0.0125. The number of hydrogen-bond donors (Lipinski definition) is 2. The minimum atomic E-state index is -3.76. The van der Waals surface area contributed by atoms with Crippen LogP contribution in [0.15, 0.2) is 23.1 Å². The molecular weight excluding hydrogens is 276 g/mol. The predicted octanol–water partition coefficient (Wildman–Crippen LogP) is 0.447. The highest BCUT2D eigenvalue weighted by Gasteiger charge is 2.23. The second-order valence-electron chi connectivity index (χ2n) is 5.19. The normalized spacial score (nSPS) is 21.1. The molecule has 0 aromatic heterocycles. The summed E-state index contributed by atoms with van der Waals surface area (Å²) < 4.78 is 22.7. The van der Waals surface area contributed by atoms with E-state index in [2.05, 4.69) is 23.6 Å². The zero-order valence-electron chi connectivity index (χ0n) is 11.9. The number of likely N-dealkylation sites (N-methyl/N-ethyl adjacent to an activating group) is 1. The Bertz CT molecular complexity index is 588. The summed E-state index contributed by atoms with van der Waals surface area (Å²) in [6, 6.07) is 5.41. The van der Waals surface area contributed by atoms with Gasteiger partial charge in [0.1, 0.15) is 4.90 Å². The van der Waals surface area contributed by atoms with Crippen LogP contribution in [0.25, 0.3) is 0 Å². The fourth-order valence-electron chi connectivity index (χ4n) is 2.69. The lowest BCUT2D eigenvalue weighted by Crippen LogP contribution is -2.51. The molecule has 1 saturated heterocycles. The van der Waals surface area contributed by atoms with E-state index in [4.69, 9.17) is 10.9 Å². The van der Waals surface area contributed by atoms with Gasteiger partial charge in [-0.2, -0.15) is 0 Å². The molecule has 1 unspecified atom stereocenters. The van der Waals surface area contributed by atoms with Crippen molar-refractivity contribution in [1.29, 1.82) is 0 Å². The molecular formula is C13H22N4O2S. The van der Waals surface area contributed by atoms with Gasteiger partial charge in [0, 0.05) is 31.4 Å². The molecule has 20 heavy (non-hydrogen) atoms. The molecule has 0 radical (unpaired) electrons. The summed E-state index contributed by atoms with van der Waals surface area (Å²) >= 11 is 0. The Balaban J connectivity index is 2.21. The molecule has 4 N–H and O–H groups in total. The number of sulfonamides is 1. The smallest absolute Gasteiger partial charge is 0.240 e. The maximum Gasteiger partial charge on any atom is 0.240 e. The van der Waals surface area contributed by atoms with E-state index in [1.54, 1.807) is 12.1 Å². The summed E-state index contributed by atoms with van der Waals surface area (Å²) in [4.78, 5) is 4.63. The third-order valence-corrected chi connectivity index (χ3v) is 4.82. The van der Waals surface area contributed by atoms with Crippen LogP contribution in [-0.4, -0.2) is 45.5 Å². The first kappa shape index (κ1) is 15.1. The third-order valence-electron chi connectivity index (χ3n) is 3.84. The van der Waals surface area contributed by atoms with Crippen molar-refractivity contribution in [1.82, 2.24) is 4.90 Å². The van der Waals surface area contributed by atoms with Gasteiger partial charge in [-0.1, -0.05) is 6.92 Å². The minimum Gasteiger partial charge on any atom is -0.398 e. The van der Waals surface area contributed by atoms with E-state index in [0.717, 1.165) is 31.9 Å². The van der Waals surface area contributed by atoms with Crippen LogP contribution >= 0.6 is 0 Å². The van der Waals surface area contributed by atoms with Crippen LogP contribution in [-0.2, 0) is 10.0 Å². The number of anilines is 2. The Morgan fingerprint density at radius 1 is 1.35 bits per heavy atom. The van der Waals surface area contributed by atoms with Crippen molar-refractivity contribution in [2.45, 2.75) is 24.8 Å². The van der Waals surface area contributed by atoms with Crippen LogP contribution < -0.4 is 15.8 Å². The maximum atomic E-state index is 11.4. The van der Waals surface area contributed by atoms with Gasteiger partial charge in [0.25, 0.3) is 0 Å². The molecule has 1 aliphatic heterocycles. The Kier molecular flexibility index (Phi) is 4.22. The van der Waals surface area contributed by atoms with E-state index in [-0.39, 0.29) is 10.6 Å². The van der Waals surface area contributed by atoms with Gasteiger partial charge in [0.05, 0.1) is 5.69 Å². The first-order valence-electron chi connectivity index (χ1n) is 6.74. The highest BCUT2D eigenvalue weighted by molar-refractivity contribution is 7.89. The highest BCUT2D eigenvalue weighted by Crippen LogP contribution is 2.25. The lowest BCUT2D eigenvalue weighted by Gasteiger charge is -2.40. The van der Waals surface area contributed by atoms with Crippen LogP contribution in [0.5, 0.6) is 0 Å². The molecule has 1 aromatic rings. The number of nitrogens with two attached hydrogens (primary N) is 2. The van der Waals surface area contributed by atoms with E-state index in [1.165, 1.54) is 6.07 Å². The maximum absolute atomic E-state index is 11.4. The number of nitrogens with zero attached hydrogens (tertiary/aromatic N) is 2. The number of primary sulfonamides is 1. The number of benzene rings is 1. The Hall–Kier alpha value is -1.31. The molecule has 1 aromatic carbocycles. The Morgan fingerprint density at radius 3 is 2.55 bits per heavy atom. The molecule has 1 aliphatic rings. The molecule has 0 bridgehead atoms. The standard InChI is InChI=1S/C13H22N4O2S/c1-3-16-6-7-17(9-10(16)2)11-4-5-13(12(14)8-11)20(15,18)19/h4-5,8,10H,3,6-7,9,14H2,1-2H3,(H2,15,18,19). The number of hydrogen-bond acceptors (Lipinski definition) is 5. The van der Waals surface area contributed by atoms with Gasteiger partial charge in [-0.15, -0.1) is 0 Å². The monoisotopic (exact) mass is 298 g/mol. The molecule has 0 spiro atoms. The Labute approximate surface area is 120 Å². The SMILES string of the molecule is CCN1CCN(c2ccc(S(N)(=O)=O)c(N)c2)CC1C. The van der Waals surface area contributed by atoms with Gasteiger partial charge >= 0.3 is 0 Å². The lowest BCUT2D eigenvalue weighted by molar-refractivity contribution is 0.199. The quantitative estimate of drug-likeness (QED) is 0.790. The molecule has 1 heterocycles. The fraction of sp³-hybridized carbons (Fsp3) is 0.538. The van der Waals surface area contributed by atoms with Crippen molar-refractivity contribution >= 4 is 21.4 Å². The molecule has 2 rings (SSSR count). The van der Waals surface area contributed by atoms with Gasteiger partial charge in [-0.3, -0.25) is 4.90 Å². The first-order chi connectivity index (χ1) is 9.32. The van der Waals surface area contributed by atoms with Crippen LogP contribution in [0.1, 0.15) is 13.8 Å². The van der Waals surface area contributed by atoms with Gasteiger partial charge in [-0.25, -0.2) is 13.6 Å². The van der Waals surface area contributed by atoms with Gasteiger partial charge in [0.2, 0.25) is 10.0 Å². The van der Waals surface area contributed by atoms with Crippen LogP contribution in [0.3, 0.4) is 0 Å². The van der Waals surface area contributed by atoms with Crippen LogP contribution in [0.4, 0.5) is 11.4 Å². The molecule has 6 nitrogen and oxygen atoms in total. The zero-order valence-corrected chi connectivity index (χ0v) is 12.7. The van der Waals surface area contributed by atoms with Gasteiger partial charge in [0.15, 0.2) is 0 Å². The van der Waals surface area contributed by atoms with Crippen molar-refractivity contribution in [3.05, 3.63) is 18.2 Å². The topological polar surface area (TPSA) is 92.7 Å². The van der Waals surface area contributed by atoms with E-state index in [1.807, 2.05) is 0 Å².